The first kappa shape index (κ1) is 9.63. The van der Waals surface area contributed by atoms with Gasteiger partial charge in [0, 0.05) is 0 Å². The zero-order valence-electron chi connectivity index (χ0n) is 8.47. The Morgan fingerprint density at radius 1 is 1.13 bits per heavy atom. The topological polar surface area (TPSA) is 29.4 Å². The quantitative estimate of drug-likeness (QED) is 0.536. The molecule has 2 nitrogen and oxygen atoms in total. The van der Waals surface area contributed by atoms with E-state index in [4.69, 9.17) is 0 Å². The van der Waals surface area contributed by atoms with Crippen molar-refractivity contribution >= 4 is 16.9 Å². The van der Waals surface area contributed by atoms with Crippen LogP contribution in [0, 0.1) is 0 Å². The molecule has 0 aliphatic rings. The standard InChI is InChI=1S/C13H11NO/c1-10(14-9-15)12-8-4-6-11-5-2-3-7-13(11)12/h2-8,10H,1H3/t10-/m1/s1. The average molecular weight is 197 g/mol. The predicted octanol–water partition coefficient (Wildman–Crippen LogP) is 3.24. The Hall–Kier alpha value is -1.92. The molecule has 0 bridgehead atoms. The van der Waals surface area contributed by atoms with Gasteiger partial charge in [0.05, 0.1) is 6.04 Å². The van der Waals surface area contributed by atoms with E-state index in [-0.39, 0.29) is 6.04 Å². The molecule has 0 saturated heterocycles. The third-order valence-corrected chi connectivity index (χ3v) is 2.52. The molecule has 74 valence electrons. The number of carbonyl (C=O) groups excluding carboxylic acids is 1. The Balaban J connectivity index is 2.65. The third kappa shape index (κ3) is 1.80. The van der Waals surface area contributed by atoms with Crippen molar-refractivity contribution in [2.45, 2.75) is 13.0 Å². The molecular formula is C13H11NO. The van der Waals surface area contributed by atoms with Gasteiger partial charge in [0.1, 0.15) is 0 Å². The summed E-state index contributed by atoms with van der Waals surface area (Å²) in [6.07, 6.45) is 1.61. The van der Waals surface area contributed by atoms with Gasteiger partial charge in [-0.1, -0.05) is 42.5 Å². The van der Waals surface area contributed by atoms with Gasteiger partial charge in [0.25, 0.3) is 0 Å². The fraction of sp³-hybridized carbons (Fsp3) is 0.154. The van der Waals surface area contributed by atoms with Crippen LogP contribution in [-0.4, -0.2) is 6.08 Å². The molecule has 15 heavy (non-hydrogen) atoms. The molecule has 0 radical (unpaired) electrons. The normalized spacial score (nSPS) is 12.1. The van der Waals surface area contributed by atoms with Crippen LogP contribution in [0.3, 0.4) is 0 Å². The minimum Gasteiger partial charge on any atom is -0.211 e. The van der Waals surface area contributed by atoms with Gasteiger partial charge >= 0.3 is 0 Å². The number of rotatable bonds is 2. The molecule has 0 spiro atoms. The van der Waals surface area contributed by atoms with Crippen molar-refractivity contribution in [2.75, 3.05) is 0 Å². The minimum absolute atomic E-state index is 0.131. The van der Waals surface area contributed by atoms with E-state index in [1.54, 1.807) is 6.08 Å². The fourth-order valence-corrected chi connectivity index (χ4v) is 1.76. The van der Waals surface area contributed by atoms with E-state index in [0.29, 0.717) is 0 Å². The third-order valence-electron chi connectivity index (χ3n) is 2.52. The van der Waals surface area contributed by atoms with Crippen molar-refractivity contribution in [2.24, 2.45) is 4.99 Å². The number of benzene rings is 2. The largest absolute Gasteiger partial charge is 0.235 e. The van der Waals surface area contributed by atoms with Gasteiger partial charge in [-0.25, -0.2) is 4.79 Å². The van der Waals surface area contributed by atoms with Crippen molar-refractivity contribution in [3.63, 3.8) is 0 Å². The first-order valence-electron chi connectivity index (χ1n) is 4.87. The highest BCUT2D eigenvalue weighted by Gasteiger charge is 2.06. The van der Waals surface area contributed by atoms with E-state index in [1.165, 1.54) is 5.39 Å². The zero-order chi connectivity index (χ0) is 10.7. The smallest absolute Gasteiger partial charge is 0.211 e. The maximum atomic E-state index is 10.2. The van der Waals surface area contributed by atoms with Crippen molar-refractivity contribution in [1.29, 1.82) is 0 Å². The lowest BCUT2D eigenvalue weighted by Crippen LogP contribution is -1.90. The lowest BCUT2D eigenvalue weighted by Gasteiger charge is -2.08. The summed E-state index contributed by atoms with van der Waals surface area (Å²) in [7, 11) is 0. The minimum atomic E-state index is -0.131. The van der Waals surface area contributed by atoms with E-state index < -0.39 is 0 Å². The molecule has 0 aromatic heterocycles. The lowest BCUT2D eigenvalue weighted by atomic mass is 10.0. The van der Waals surface area contributed by atoms with E-state index in [9.17, 15) is 4.79 Å². The summed E-state index contributed by atoms with van der Waals surface area (Å²) in [5.74, 6) is 0. The summed E-state index contributed by atoms with van der Waals surface area (Å²) in [6, 6.07) is 14.0. The molecule has 0 heterocycles. The molecule has 2 rings (SSSR count). The van der Waals surface area contributed by atoms with Crippen molar-refractivity contribution < 1.29 is 4.79 Å². The van der Waals surface area contributed by atoms with Crippen molar-refractivity contribution in [1.82, 2.24) is 0 Å². The molecule has 0 unspecified atom stereocenters. The summed E-state index contributed by atoms with van der Waals surface area (Å²) >= 11 is 0. The number of nitrogens with zero attached hydrogens (tertiary/aromatic N) is 1. The molecule has 2 aromatic carbocycles. The fourth-order valence-electron chi connectivity index (χ4n) is 1.76. The van der Waals surface area contributed by atoms with E-state index in [2.05, 4.69) is 17.1 Å². The van der Waals surface area contributed by atoms with E-state index in [1.807, 2.05) is 37.3 Å². The van der Waals surface area contributed by atoms with Gasteiger partial charge in [-0.15, -0.1) is 0 Å². The van der Waals surface area contributed by atoms with Crippen LogP contribution in [0.5, 0.6) is 0 Å². The van der Waals surface area contributed by atoms with Crippen molar-refractivity contribution in [3.8, 4) is 0 Å². The molecule has 0 fully saturated rings. The summed E-state index contributed by atoms with van der Waals surface area (Å²) in [5, 5.41) is 2.31. The summed E-state index contributed by atoms with van der Waals surface area (Å²) < 4.78 is 0. The van der Waals surface area contributed by atoms with Crippen LogP contribution in [0.1, 0.15) is 18.5 Å². The molecule has 0 aliphatic heterocycles. The second kappa shape index (κ2) is 4.07. The average Bonchev–Trinajstić information content (AvgIpc) is 2.28. The molecular weight excluding hydrogens is 186 g/mol. The summed E-state index contributed by atoms with van der Waals surface area (Å²) in [4.78, 5) is 14.0. The monoisotopic (exact) mass is 197 g/mol. The van der Waals surface area contributed by atoms with Crippen LogP contribution >= 0.6 is 0 Å². The Morgan fingerprint density at radius 2 is 1.87 bits per heavy atom. The highest BCUT2D eigenvalue weighted by molar-refractivity contribution is 5.86. The van der Waals surface area contributed by atoms with E-state index in [0.717, 1.165) is 10.9 Å². The molecule has 0 amide bonds. The van der Waals surface area contributed by atoms with Gasteiger partial charge in [0.15, 0.2) is 0 Å². The first-order valence-corrected chi connectivity index (χ1v) is 4.87. The molecule has 0 aliphatic carbocycles. The highest BCUT2D eigenvalue weighted by atomic mass is 16.1. The van der Waals surface area contributed by atoms with Gasteiger partial charge in [0.2, 0.25) is 6.08 Å². The lowest BCUT2D eigenvalue weighted by molar-refractivity contribution is 0.559. The van der Waals surface area contributed by atoms with Crippen LogP contribution in [0.2, 0.25) is 0 Å². The van der Waals surface area contributed by atoms with Crippen LogP contribution < -0.4 is 0 Å². The zero-order valence-corrected chi connectivity index (χ0v) is 8.47. The molecule has 2 heteroatoms. The Kier molecular flexibility index (Phi) is 2.61. The Morgan fingerprint density at radius 3 is 2.67 bits per heavy atom. The second-order valence-electron chi connectivity index (χ2n) is 3.46. The second-order valence-corrected chi connectivity index (χ2v) is 3.46. The number of hydrogen-bond donors (Lipinski definition) is 0. The first-order chi connectivity index (χ1) is 7.33. The van der Waals surface area contributed by atoms with Crippen LogP contribution in [0.25, 0.3) is 10.8 Å². The number of isocyanates is 1. The van der Waals surface area contributed by atoms with Crippen molar-refractivity contribution in [3.05, 3.63) is 48.0 Å². The molecule has 0 N–H and O–H groups in total. The SMILES string of the molecule is C[C@@H](N=C=O)c1cccc2ccccc12. The Labute approximate surface area is 88.3 Å². The number of aliphatic imine (C=N–C) groups is 1. The molecule has 2 aromatic rings. The van der Waals surface area contributed by atoms with Crippen LogP contribution in [-0.2, 0) is 4.79 Å². The van der Waals surface area contributed by atoms with Crippen LogP contribution in [0.4, 0.5) is 0 Å². The van der Waals surface area contributed by atoms with E-state index >= 15 is 0 Å². The summed E-state index contributed by atoms with van der Waals surface area (Å²) in [6.45, 7) is 1.90. The summed E-state index contributed by atoms with van der Waals surface area (Å²) in [5.41, 5.74) is 1.07. The Bertz CT molecular complexity index is 522. The van der Waals surface area contributed by atoms with Gasteiger partial charge in [-0.2, -0.15) is 4.99 Å². The predicted molar refractivity (Wildman–Crippen MR) is 60.5 cm³/mol. The molecule has 1 atom stereocenters. The number of hydrogen-bond acceptors (Lipinski definition) is 2. The van der Waals surface area contributed by atoms with Gasteiger partial charge < -0.3 is 0 Å². The van der Waals surface area contributed by atoms with Crippen LogP contribution in [0.15, 0.2) is 47.5 Å². The molecule has 0 saturated carbocycles. The highest BCUT2D eigenvalue weighted by Crippen LogP contribution is 2.25. The van der Waals surface area contributed by atoms with Gasteiger partial charge in [-0.05, 0) is 23.3 Å². The maximum Gasteiger partial charge on any atom is 0.235 e. The van der Waals surface area contributed by atoms with Gasteiger partial charge in [-0.3, -0.25) is 0 Å². The number of fused-ring (bicyclic) bond motifs is 1. The maximum absolute atomic E-state index is 10.2.